The van der Waals surface area contributed by atoms with E-state index in [1.165, 1.54) is 0 Å². The summed E-state index contributed by atoms with van der Waals surface area (Å²) < 4.78 is 5.57. The highest BCUT2D eigenvalue weighted by atomic mass is 35.5. The summed E-state index contributed by atoms with van der Waals surface area (Å²) in [5, 5.41) is 6.68. The van der Waals surface area contributed by atoms with Crippen molar-refractivity contribution < 1.29 is 9.53 Å². The lowest BCUT2D eigenvalue weighted by Gasteiger charge is -2.14. The quantitative estimate of drug-likeness (QED) is 0.802. The molecule has 1 aromatic carbocycles. The number of ether oxygens (including phenoxy) is 1. The first-order chi connectivity index (χ1) is 10.9. The Kier molecular flexibility index (Phi) is 6.27. The molecule has 0 bridgehead atoms. The Morgan fingerprint density at radius 3 is 2.65 bits per heavy atom. The van der Waals surface area contributed by atoms with Gasteiger partial charge < -0.3 is 10.1 Å². The Labute approximate surface area is 149 Å². The number of hydrogen-bond acceptors (Lipinski definition) is 4. The van der Waals surface area contributed by atoms with Gasteiger partial charge in [-0.2, -0.15) is 0 Å². The molecule has 1 unspecified atom stereocenters. The Hall–Kier alpha value is -1.30. The molecular weight excluding hydrogens is 355 g/mol. The zero-order chi connectivity index (χ0) is 17.0. The first kappa shape index (κ1) is 18.0. The Morgan fingerprint density at radius 2 is 2.04 bits per heavy atom. The molecule has 0 spiro atoms. The van der Waals surface area contributed by atoms with Gasteiger partial charge in [-0.05, 0) is 19.1 Å². The highest BCUT2D eigenvalue weighted by molar-refractivity contribution is 7.09. The van der Waals surface area contributed by atoms with Gasteiger partial charge in [-0.1, -0.05) is 37.0 Å². The van der Waals surface area contributed by atoms with Gasteiger partial charge in [0.05, 0.1) is 27.3 Å². The Bertz CT molecular complexity index is 688. The number of aromatic nitrogens is 1. The molecule has 124 valence electrons. The molecule has 2 rings (SSSR count). The number of thiazole rings is 1. The van der Waals surface area contributed by atoms with Gasteiger partial charge in [0.15, 0.2) is 6.10 Å². The minimum Gasteiger partial charge on any atom is -0.481 e. The number of hydrogen-bond donors (Lipinski definition) is 1. The molecule has 2 aromatic rings. The third-order valence-electron chi connectivity index (χ3n) is 3.08. The van der Waals surface area contributed by atoms with Gasteiger partial charge in [0.25, 0.3) is 5.91 Å². The lowest BCUT2D eigenvalue weighted by Crippen LogP contribution is -2.36. The second-order valence-corrected chi connectivity index (χ2v) is 7.09. The maximum absolute atomic E-state index is 12.1. The third-order valence-corrected chi connectivity index (χ3v) is 5.01. The molecular formula is C16H18Cl2N2O2S. The topological polar surface area (TPSA) is 51.2 Å². The van der Waals surface area contributed by atoms with Crippen molar-refractivity contribution in [2.24, 2.45) is 0 Å². The van der Waals surface area contributed by atoms with Crippen LogP contribution in [0.15, 0.2) is 23.6 Å². The average molecular weight is 373 g/mol. The lowest BCUT2D eigenvalue weighted by atomic mass is 10.2. The second-order valence-electron chi connectivity index (χ2n) is 5.39. The lowest BCUT2D eigenvalue weighted by molar-refractivity contribution is -0.127. The minimum atomic E-state index is -0.643. The molecule has 0 aliphatic heterocycles. The number of halogens is 2. The van der Waals surface area contributed by atoms with Crippen LogP contribution in [0.2, 0.25) is 10.0 Å². The van der Waals surface area contributed by atoms with E-state index in [0.717, 1.165) is 10.7 Å². The van der Waals surface area contributed by atoms with Gasteiger partial charge in [-0.25, -0.2) is 4.98 Å². The standard InChI is InChI=1S/C16H18Cl2N2O2S/c1-9(2)16-20-11(8-23-16)7-19-15(21)10(3)22-12-4-5-13(17)14(18)6-12/h4-6,8-10H,7H2,1-3H3,(H,19,21). The van der Waals surface area contributed by atoms with E-state index in [4.69, 9.17) is 27.9 Å². The number of carbonyl (C=O) groups excluding carboxylic acids is 1. The second kappa shape index (κ2) is 7.99. The van der Waals surface area contributed by atoms with Crippen molar-refractivity contribution in [3.63, 3.8) is 0 Å². The van der Waals surface area contributed by atoms with Crippen LogP contribution in [-0.4, -0.2) is 17.0 Å². The molecule has 1 heterocycles. The SMILES string of the molecule is CC(Oc1ccc(Cl)c(Cl)c1)C(=O)NCc1csc(C(C)C)n1. The van der Waals surface area contributed by atoms with Crippen LogP contribution in [0.4, 0.5) is 0 Å². The zero-order valence-electron chi connectivity index (χ0n) is 13.1. The number of nitrogens with one attached hydrogen (secondary N) is 1. The highest BCUT2D eigenvalue weighted by Crippen LogP contribution is 2.26. The van der Waals surface area contributed by atoms with E-state index >= 15 is 0 Å². The van der Waals surface area contributed by atoms with E-state index < -0.39 is 6.10 Å². The van der Waals surface area contributed by atoms with E-state index in [2.05, 4.69) is 24.1 Å². The van der Waals surface area contributed by atoms with Crippen molar-refractivity contribution in [1.29, 1.82) is 0 Å². The van der Waals surface area contributed by atoms with Gasteiger partial charge in [-0.3, -0.25) is 4.79 Å². The molecule has 0 radical (unpaired) electrons. The van der Waals surface area contributed by atoms with Crippen LogP contribution in [-0.2, 0) is 11.3 Å². The fraction of sp³-hybridized carbons (Fsp3) is 0.375. The summed E-state index contributed by atoms with van der Waals surface area (Å²) >= 11 is 13.4. The maximum atomic E-state index is 12.1. The first-order valence-electron chi connectivity index (χ1n) is 7.20. The molecule has 4 nitrogen and oxygen atoms in total. The summed E-state index contributed by atoms with van der Waals surface area (Å²) in [6.45, 7) is 6.25. The number of amides is 1. The minimum absolute atomic E-state index is 0.213. The van der Waals surface area contributed by atoms with Crippen molar-refractivity contribution >= 4 is 40.4 Å². The summed E-state index contributed by atoms with van der Waals surface area (Å²) in [6, 6.07) is 4.89. The van der Waals surface area contributed by atoms with Crippen LogP contribution in [0.1, 0.15) is 37.4 Å². The normalized spacial score (nSPS) is 12.3. The van der Waals surface area contributed by atoms with Crippen LogP contribution < -0.4 is 10.1 Å². The van der Waals surface area contributed by atoms with Crippen LogP contribution in [0.3, 0.4) is 0 Å². The molecule has 0 saturated carbocycles. The largest absolute Gasteiger partial charge is 0.481 e. The van der Waals surface area contributed by atoms with Crippen molar-refractivity contribution in [1.82, 2.24) is 10.3 Å². The Morgan fingerprint density at radius 1 is 1.30 bits per heavy atom. The predicted molar refractivity (Wildman–Crippen MR) is 94.6 cm³/mol. The highest BCUT2D eigenvalue weighted by Gasteiger charge is 2.15. The van der Waals surface area contributed by atoms with Crippen LogP contribution >= 0.6 is 34.5 Å². The summed E-state index contributed by atoms with van der Waals surface area (Å²) in [5.41, 5.74) is 0.855. The molecule has 1 aromatic heterocycles. The van der Waals surface area contributed by atoms with Gasteiger partial charge in [0.1, 0.15) is 5.75 Å². The fourth-order valence-corrected chi connectivity index (χ4v) is 2.92. The molecule has 0 aliphatic rings. The van der Waals surface area contributed by atoms with Gasteiger partial charge in [-0.15, -0.1) is 11.3 Å². The van der Waals surface area contributed by atoms with Crippen molar-refractivity contribution in [3.8, 4) is 5.75 Å². The van der Waals surface area contributed by atoms with Crippen LogP contribution in [0.25, 0.3) is 0 Å². The Balaban J connectivity index is 1.87. The molecule has 1 atom stereocenters. The summed E-state index contributed by atoms with van der Waals surface area (Å²) in [5.74, 6) is 0.675. The van der Waals surface area contributed by atoms with Crippen molar-refractivity contribution in [2.45, 2.75) is 39.3 Å². The smallest absolute Gasteiger partial charge is 0.261 e. The molecule has 1 N–H and O–H groups in total. The van der Waals surface area contributed by atoms with E-state index in [1.54, 1.807) is 36.5 Å². The summed E-state index contributed by atoms with van der Waals surface area (Å²) in [6.07, 6.45) is -0.643. The van der Waals surface area contributed by atoms with Gasteiger partial charge in [0.2, 0.25) is 0 Å². The summed E-state index contributed by atoms with van der Waals surface area (Å²) in [7, 11) is 0. The van der Waals surface area contributed by atoms with Crippen molar-refractivity contribution in [3.05, 3.63) is 44.3 Å². The third kappa shape index (κ3) is 5.09. The molecule has 1 amide bonds. The van der Waals surface area contributed by atoms with E-state index in [0.29, 0.717) is 28.3 Å². The molecule has 0 fully saturated rings. The van der Waals surface area contributed by atoms with Crippen LogP contribution in [0, 0.1) is 0 Å². The average Bonchev–Trinajstić information content (AvgIpc) is 2.97. The number of carbonyl (C=O) groups is 1. The fourth-order valence-electron chi connectivity index (χ4n) is 1.80. The molecule has 0 saturated heterocycles. The maximum Gasteiger partial charge on any atom is 0.261 e. The number of rotatable bonds is 6. The van der Waals surface area contributed by atoms with Crippen LogP contribution in [0.5, 0.6) is 5.75 Å². The van der Waals surface area contributed by atoms with E-state index in [-0.39, 0.29) is 5.91 Å². The summed E-state index contributed by atoms with van der Waals surface area (Å²) in [4.78, 5) is 16.6. The van der Waals surface area contributed by atoms with E-state index in [9.17, 15) is 4.79 Å². The molecule has 23 heavy (non-hydrogen) atoms. The first-order valence-corrected chi connectivity index (χ1v) is 8.84. The van der Waals surface area contributed by atoms with E-state index in [1.807, 2.05) is 5.38 Å². The number of benzene rings is 1. The molecule has 0 aliphatic carbocycles. The zero-order valence-corrected chi connectivity index (χ0v) is 15.4. The number of nitrogens with zero attached hydrogens (tertiary/aromatic N) is 1. The van der Waals surface area contributed by atoms with Gasteiger partial charge in [0, 0.05) is 17.4 Å². The predicted octanol–water partition coefficient (Wildman–Crippen LogP) is 4.66. The molecule has 7 heteroatoms. The van der Waals surface area contributed by atoms with Crippen molar-refractivity contribution in [2.75, 3.05) is 0 Å². The van der Waals surface area contributed by atoms with Gasteiger partial charge >= 0.3 is 0 Å². The monoisotopic (exact) mass is 372 g/mol.